The molecule has 0 unspecified atom stereocenters. The van der Waals surface area contributed by atoms with E-state index in [0.717, 1.165) is 24.1 Å². The van der Waals surface area contributed by atoms with E-state index in [1.54, 1.807) is 6.20 Å². The van der Waals surface area contributed by atoms with Gasteiger partial charge in [-0.1, -0.05) is 0 Å². The van der Waals surface area contributed by atoms with Crippen LogP contribution >= 0.6 is 46.7 Å². The van der Waals surface area contributed by atoms with Gasteiger partial charge < -0.3 is 18.8 Å². The fourth-order valence-electron chi connectivity index (χ4n) is 2.08. The first-order chi connectivity index (χ1) is 12.8. The second-order valence-corrected chi connectivity index (χ2v) is 7.25. The highest BCUT2D eigenvalue weighted by Gasteiger charge is 2.38. The average molecular weight is 475 g/mol. The Balaban J connectivity index is 2.03. The lowest BCUT2D eigenvalue weighted by Crippen LogP contribution is -2.29. The third kappa shape index (κ3) is 5.30. The molecule has 1 fully saturated rings. The predicted molar refractivity (Wildman–Crippen MR) is 107 cm³/mol. The van der Waals surface area contributed by atoms with Crippen LogP contribution in [0.5, 0.6) is 0 Å². The van der Waals surface area contributed by atoms with E-state index in [1.165, 1.54) is 4.57 Å². The SMILES string of the molecule is [2H]B([3H])CSOC[C@H]1O[C@@H](n2cc(I)c(N)nc2=O)C[C@H]1OSCB([2H])[3H]. The van der Waals surface area contributed by atoms with Crippen LogP contribution in [0.3, 0.4) is 0 Å². The number of ether oxygens (including phenoxy) is 1. The van der Waals surface area contributed by atoms with Crippen LogP contribution in [0.1, 0.15) is 12.6 Å². The molecular formula is C11H18B2IN3O4S2. The van der Waals surface area contributed by atoms with Gasteiger partial charge in [-0.3, -0.25) is 4.57 Å². The predicted octanol–water partition coefficient (Wildman–Crippen LogP) is -0.403. The Morgan fingerprint density at radius 2 is 2.43 bits per heavy atom. The number of anilines is 1. The molecular weight excluding hydrogens is 451 g/mol. The zero-order valence-corrected chi connectivity index (χ0v) is 15.9. The second kappa shape index (κ2) is 9.56. The summed E-state index contributed by atoms with van der Waals surface area (Å²) in [7, 11) is -1.99. The number of rotatable bonds is 10. The van der Waals surface area contributed by atoms with E-state index >= 15 is 0 Å². The first-order valence-corrected chi connectivity index (χ1v) is 9.59. The van der Waals surface area contributed by atoms with Gasteiger partial charge in [-0.15, -0.1) is 0 Å². The first-order valence-electron chi connectivity index (χ1n) is 9.00. The summed E-state index contributed by atoms with van der Waals surface area (Å²) in [5, 5.41) is 0. The molecule has 1 aliphatic rings. The van der Waals surface area contributed by atoms with Crippen molar-refractivity contribution >= 4 is 68.0 Å². The number of halogens is 1. The van der Waals surface area contributed by atoms with Crippen molar-refractivity contribution in [1.29, 1.82) is 5.34 Å². The van der Waals surface area contributed by atoms with Crippen molar-refractivity contribution in [3.63, 3.8) is 0 Å². The van der Waals surface area contributed by atoms with Gasteiger partial charge in [-0.2, -0.15) is 4.98 Å². The largest absolute Gasteiger partial charge is 0.383 e. The number of nitrogens with two attached hydrogens (primary N) is 1. The van der Waals surface area contributed by atoms with E-state index in [1.807, 2.05) is 22.6 Å². The van der Waals surface area contributed by atoms with Gasteiger partial charge >= 0.3 is 5.69 Å². The summed E-state index contributed by atoms with van der Waals surface area (Å²) in [6.07, 6.45) is 0.442. The molecule has 1 aromatic heterocycles. The van der Waals surface area contributed by atoms with Gasteiger partial charge in [0.05, 0.1) is 10.2 Å². The van der Waals surface area contributed by atoms with Crippen LogP contribution in [0.4, 0.5) is 5.82 Å². The van der Waals surface area contributed by atoms with Crippen LogP contribution < -0.4 is 11.4 Å². The number of aromatic nitrogens is 2. The molecule has 3 atom stereocenters. The van der Waals surface area contributed by atoms with Gasteiger partial charge in [0, 0.05) is 12.6 Å². The van der Waals surface area contributed by atoms with Crippen LogP contribution in [0.2, 0.25) is 0 Å². The lowest BCUT2D eigenvalue weighted by atomic mass is 10.2. The Bertz CT molecular complexity index is 681. The van der Waals surface area contributed by atoms with Crippen LogP contribution in [0, 0.1) is 3.57 Å². The molecule has 0 spiro atoms. The van der Waals surface area contributed by atoms with Gasteiger partial charge in [-0.25, -0.2) is 4.79 Å². The molecule has 0 aliphatic carbocycles. The molecule has 0 aromatic carbocycles. The fourth-order valence-corrected chi connectivity index (χ4v) is 3.28. The molecule has 7 nitrogen and oxygen atoms in total. The Morgan fingerprint density at radius 1 is 1.65 bits per heavy atom. The van der Waals surface area contributed by atoms with Crippen LogP contribution in [0.25, 0.3) is 0 Å². The van der Waals surface area contributed by atoms with E-state index in [4.69, 9.17) is 24.2 Å². The summed E-state index contributed by atoms with van der Waals surface area (Å²) < 4.78 is 47.7. The lowest BCUT2D eigenvalue weighted by Gasteiger charge is -2.17. The summed E-state index contributed by atoms with van der Waals surface area (Å²) in [6, 6.07) is 0. The maximum absolute atomic E-state index is 12.1. The van der Waals surface area contributed by atoms with Crippen molar-refractivity contribution in [3.05, 3.63) is 20.3 Å². The van der Waals surface area contributed by atoms with Gasteiger partial charge in [0.25, 0.3) is 0 Å². The molecule has 0 amide bonds. The molecule has 126 valence electrons. The smallest absolute Gasteiger partial charge is 0.351 e. The van der Waals surface area contributed by atoms with Gasteiger partial charge in [0.2, 0.25) is 0 Å². The Kier molecular flexibility index (Phi) is 5.95. The highest BCUT2D eigenvalue weighted by atomic mass is 127. The van der Waals surface area contributed by atoms with Crippen molar-refractivity contribution in [1.82, 2.24) is 9.55 Å². The van der Waals surface area contributed by atoms with Crippen LogP contribution in [-0.2, 0) is 13.1 Å². The summed E-state index contributed by atoms with van der Waals surface area (Å²) >= 11 is 4.00. The van der Waals surface area contributed by atoms with E-state index in [-0.39, 0.29) is 23.7 Å². The van der Waals surface area contributed by atoms with Crippen molar-refractivity contribution in [3.8, 4) is 0 Å². The highest BCUT2D eigenvalue weighted by Crippen LogP contribution is 2.33. The zero-order chi connectivity index (χ0) is 20.0. The maximum Gasteiger partial charge on any atom is 0.351 e. The molecule has 1 aliphatic heterocycles. The molecule has 2 heterocycles. The normalized spacial score (nSPS) is 26.2. The Hall–Kier alpha value is 0.120. The number of nitrogens with zero attached hydrogens (tertiary/aromatic N) is 2. The van der Waals surface area contributed by atoms with E-state index in [2.05, 4.69) is 4.98 Å². The van der Waals surface area contributed by atoms with Gasteiger partial charge in [0.15, 0.2) is 0 Å². The lowest BCUT2D eigenvalue weighted by molar-refractivity contribution is -0.0320. The molecule has 23 heavy (non-hydrogen) atoms. The fraction of sp³-hybridized carbons (Fsp3) is 0.636. The quantitative estimate of drug-likeness (QED) is 0.212. The number of nitrogen functional groups attached to an aromatic ring is 1. The molecule has 0 saturated carbocycles. The third-order valence-electron chi connectivity index (χ3n) is 3.07. The van der Waals surface area contributed by atoms with E-state index < -0.39 is 39.7 Å². The van der Waals surface area contributed by atoms with Gasteiger partial charge in [0.1, 0.15) is 39.8 Å². The first kappa shape index (κ1) is 14.3. The Labute approximate surface area is 164 Å². The van der Waals surface area contributed by atoms with Crippen LogP contribution in [-0.4, -0.2) is 60.6 Å². The second-order valence-electron chi connectivity index (χ2n) is 4.52. The monoisotopic (exact) mass is 475 g/mol. The van der Waals surface area contributed by atoms with Crippen molar-refractivity contribution in [2.24, 2.45) is 0 Å². The highest BCUT2D eigenvalue weighted by molar-refractivity contribution is 14.1. The zero-order valence-electron chi connectivity index (χ0n) is 16.1. The molecule has 2 rings (SSSR count). The van der Waals surface area contributed by atoms with E-state index in [0.29, 0.717) is 9.99 Å². The van der Waals surface area contributed by atoms with Crippen molar-refractivity contribution in [2.45, 2.75) is 24.9 Å². The third-order valence-corrected chi connectivity index (χ3v) is 4.86. The summed E-state index contributed by atoms with van der Waals surface area (Å²) in [4.78, 5) is 15.9. The maximum atomic E-state index is 12.1. The summed E-state index contributed by atoms with van der Waals surface area (Å²) in [6.45, 7) is 0.151. The van der Waals surface area contributed by atoms with E-state index in [9.17, 15) is 4.79 Å². The minimum Gasteiger partial charge on any atom is -0.383 e. The standard InChI is InChI=1S/C11H18B2IN3O4S2/c12-4-22-19-3-8-7(21-23-5-13)1-9(20-8)17-2-6(14)10(15)16-11(17)18/h2,7-9H,1,3-5,12-13H2,(H2,15,16,18)/t7-,8-,9-/m1/s1/i12TD,13TD. The summed E-state index contributed by atoms with van der Waals surface area (Å²) in [5.41, 5.74) is 5.52. The topological polar surface area (TPSA) is 88.6 Å². The van der Waals surface area contributed by atoms with Gasteiger partial charge in [-0.05, 0) is 63.3 Å². The molecule has 12 heteroatoms. The molecule has 1 aromatic rings. The number of hydrogen-bond acceptors (Lipinski definition) is 8. The average Bonchev–Trinajstić information content (AvgIpc) is 2.97. The number of hydrogen-bond donors (Lipinski definition) is 1. The Morgan fingerprint density at radius 3 is 3.22 bits per heavy atom. The minimum atomic E-state index is -1.00. The molecule has 0 radical (unpaired) electrons. The molecule has 1 saturated heterocycles. The summed E-state index contributed by atoms with van der Waals surface area (Å²) in [5.74, 6) is 0.159. The van der Waals surface area contributed by atoms with Crippen LogP contribution in [0.15, 0.2) is 11.0 Å². The van der Waals surface area contributed by atoms with Crippen molar-refractivity contribution in [2.75, 3.05) is 23.6 Å². The minimum absolute atomic E-state index is 0.151. The molecule has 2 N–H and O–H groups in total. The molecule has 0 bridgehead atoms. The van der Waals surface area contributed by atoms with Crippen molar-refractivity contribution < 1.29 is 13.1 Å².